The van der Waals surface area contributed by atoms with Crippen molar-refractivity contribution < 1.29 is 18.8 Å². The molecular formula is C17H22FN5O3. The Morgan fingerprint density at radius 2 is 2.08 bits per heavy atom. The molecule has 1 aromatic heterocycles. The first-order valence-electron chi connectivity index (χ1n) is 8.49. The maximum absolute atomic E-state index is 13.0. The molecule has 0 bridgehead atoms. The topological polar surface area (TPSA) is 85.8 Å². The largest absolute Gasteiger partial charge is 0.350 e. The second-order valence-corrected chi connectivity index (χ2v) is 7.16. The highest BCUT2D eigenvalue weighted by molar-refractivity contribution is 6.08. The molecule has 140 valence electrons. The Hall–Kier alpha value is -2.71. The number of hydrogen-bond donors (Lipinski definition) is 1. The van der Waals surface area contributed by atoms with Crippen molar-refractivity contribution in [3.63, 3.8) is 0 Å². The predicted octanol–water partition coefficient (Wildman–Crippen LogP) is 0.588. The van der Waals surface area contributed by atoms with Crippen molar-refractivity contribution in [2.75, 3.05) is 31.1 Å². The lowest BCUT2D eigenvalue weighted by Gasteiger charge is -2.40. The molecule has 2 fully saturated rings. The van der Waals surface area contributed by atoms with E-state index in [0.717, 1.165) is 4.90 Å². The van der Waals surface area contributed by atoms with Gasteiger partial charge in [-0.2, -0.15) is 0 Å². The third-order valence-corrected chi connectivity index (χ3v) is 4.72. The zero-order valence-electron chi connectivity index (χ0n) is 15.0. The minimum absolute atomic E-state index is 0.0230. The van der Waals surface area contributed by atoms with E-state index in [2.05, 4.69) is 10.3 Å². The summed E-state index contributed by atoms with van der Waals surface area (Å²) >= 11 is 0. The number of carbonyl (C=O) groups excluding carboxylic acids is 3. The standard InChI is InChI=1S/C17H22FN5O3/c1-11-9-21(6-7-22(11)13-5-4-12(18)8-19-13)14(24)10-23-15(25)17(2,3)20-16(23)26/h4-5,8,11H,6-7,9-10H2,1-3H3,(H,20,26). The van der Waals surface area contributed by atoms with Crippen LogP contribution in [0.5, 0.6) is 0 Å². The van der Waals surface area contributed by atoms with Gasteiger partial charge < -0.3 is 15.1 Å². The minimum atomic E-state index is -0.988. The van der Waals surface area contributed by atoms with Gasteiger partial charge in [-0.05, 0) is 32.9 Å². The van der Waals surface area contributed by atoms with E-state index in [1.54, 1.807) is 24.8 Å². The van der Waals surface area contributed by atoms with Crippen LogP contribution in [0.2, 0.25) is 0 Å². The Kier molecular flexibility index (Phi) is 4.55. The number of imide groups is 1. The second-order valence-electron chi connectivity index (χ2n) is 7.16. The van der Waals surface area contributed by atoms with Crippen LogP contribution in [0.4, 0.5) is 15.0 Å². The molecule has 1 aromatic rings. The molecule has 0 radical (unpaired) electrons. The van der Waals surface area contributed by atoms with Crippen LogP contribution in [0.1, 0.15) is 20.8 Å². The van der Waals surface area contributed by atoms with Gasteiger partial charge in [0.05, 0.1) is 6.20 Å². The molecular weight excluding hydrogens is 341 g/mol. The molecule has 1 atom stereocenters. The average molecular weight is 363 g/mol. The molecule has 1 unspecified atom stereocenters. The lowest BCUT2D eigenvalue weighted by molar-refractivity contribution is -0.138. The Morgan fingerprint density at radius 3 is 2.62 bits per heavy atom. The summed E-state index contributed by atoms with van der Waals surface area (Å²) in [5.74, 6) is -0.420. The maximum atomic E-state index is 13.0. The first kappa shape index (κ1) is 18.1. The highest BCUT2D eigenvalue weighted by atomic mass is 19.1. The first-order valence-corrected chi connectivity index (χ1v) is 8.49. The Morgan fingerprint density at radius 1 is 1.35 bits per heavy atom. The molecule has 1 N–H and O–H groups in total. The van der Waals surface area contributed by atoms with Gasteiger partial charge in [0.25, 0.3) is 5.91 Å². The SMILES string of the molecule is CC1CN(C(=O)CN2C(=O)NC(C)(C)C2=O)CCN1c1ccc(F)cn1. The molecule has 26 heavy (non-hydrogen) atoms. The molecule has 0 saturated carbocycles. The molecule has 2 saturated heterocycles. The summed E-state index contributed by atoms with van der Waals surface area (Å²) in [6.45, 7) is 6.30. The van der Waals surface area contributed by atoms with Crippen LogP contribution in [-0.2, 0) is 9.59 Å². The molecule has 3 heterocycles. The van der Waals surface area contributed by atoms with E-state index in [0.29, 0.717) is 25.5 Å². The summed E-state index contributed by atoms with van der Waals surface area (Å²) < 4.78 is 13.0. The number of amides is 4. The quantitative estimate of drug-likeness (QED) is 0.795. The number of hydrogen-bond acceptors (Lipinski definition) is 5. The van der Waals surface area contributed by atoms with Gasteiger partial charge in [-0.15, -0.1) is 0 Å². The van der Waals surface area contributed by atoms with Gasteiger partial charge in [-0.25, -0.2) is 14.2 Å². The number of pyridine rings is 1. The summed E-state index contributed by atoms with van der Waals surface area (Å²) in [4.78, 5) is 45.4. The highest BCUT2D eigenvalue weighted by Crippen LogP contribution is 2.20. The van der Waals surface area contributed by atoms with Gasteiger partial charge in [0.2, 0.25) is 5.91 Å². The fourth-order valence-electron chi connectivity index (χ4n) is 3.26. The number of piperazine rings is 1. The first-order chi connectivity index (χ1) is 12.2. The Labute approximate surface area is 150 Å². The van der Waals surface area contributed by atoms with Crippen molar-refractivity contribution in [3.8, 4) is 0 Å². The van der Waals surface area contributed by atoms with Crippen molar-refractivity contribution in [3.05, 3.63) is 24.1 Å². The zero-order chi connectivity index (χ0) is 19.1. The number of nitrogens with one attached hydrogen (secondary N) is 1. The summed E-state index contributed by atoms with van der Waals surface area (Å²) in [6.07, 6.45) is 1.17. The van der Waals surface area contributed by atoms with Crippen molar-refractivity contribution in [2.45, 2.75) is 32.4 Å². The molecule has 2 aliphatic heterocycles. The lowest BCUT2D eigenvalue weighted by atomic mass is 10.1. The summed E-state index contributed by atoms with van der Waals surface area (Å²) in [6, 6.07) is 2.39. The van der Waals surface area contributed by atoms with Gasteiger partial charge >= 0.3 is 6.03 Å². The van der Waals surface area contributed by atoms with E-state index in [9.17, 15) is 18.8 Å². The minimum Gasteiger partial charge on any atom is -0.350 e. The number of aromatic nitrogens is 1. The molecule has 2 aliphatic rings. The van der Waals surface area contributed by atoms with E-state index >= 15 is 0 Å². The van der Waals surface area contributed by atoms with Crippen LogP contribution in [0, 0.1) is 5.82 Å². The predicted molar refractivity (Wildman–Crippen MR) is 91.9 cm³/mol. The van der Waals surface area contributed by atoms with Crippen molar-refractivity contribution in [2.24, 2.45) is 0 Å². The van der Waals surface area contributed by atoms with E-state index < -0.39 is 23.3 Å². The highest BCUT2D eigenvalue weighted by Gasteiger charge is 2.45. The van der Waals surface area contributed by atoms with Crippen molar-refractivity contribution >= 4 is 23.7 Å². The normalized spacial score (nSPS) is 22.6. The summed E-state index contributed by atoms with van der Waals surface area (Å²) in [5.41, 5.74) is -0.988. The number of halogens is 1. The summed E-state index contributed by atoms with van der Waals surface area (Å²) in [7, 11) is 0. The van der Waals surface area contributed by atoms with Gasteiger partial charge in [0.1, 0.15) is 23.7 Å². The maximum Gasteiger partial charge on any atom is 0.325 e. The Bertz CT molecular complexity index is 736. The molecule has 0 spiro atoms. The fourth-order valence-corrected chi connectivity index (χ4v) is 3.26. The fraction of sp³-hybridized carbons (Fsp3) is 0.529. The van der Waals surface area contributed by atoms with Gasteiger partial charge in [0, 0.05) is 25.7 Å². The van der Waals surface area contributed by atoms with E-state index in [-0.39, 0.29) is 18.5 Å². The van der Waals surface area contributed by atoms with E-state index in [1.165, 1.54) is 12.3 Å². The third-order valence-electron chi connectivity index (χ3n) is 4.72. The molecule has 0 aliphatic carbocycles. The molecule has 8 nitrogen and oxygen atoms in total. The van der Waals surface area contributed by atoms with Crippen LogP contribution in [-0.4, -0.2) is 70.4 Å². The van der Waals surface area contributed by atoms with Gasteiger partial charge in [-0.1, -0.05) is 0 Å². The Balaban J connectivity index is 1.62. The van der Waals surface area contributed by atoms with Gasteiger partial charge in [-0.3, -0.25) is 14.5 Å². The molecule has 0 aromatic carbocycles. The lowest BCUT2D eigenvalue weighted by Crippen LogP contribution is -2.56. The zero-order valence-corrected chi connectivity index (χ0v) is 15.0. The third kappa shape index (κ3) is 3.33. The van der Waals surface area contributed by atoms with Crippen LogP contribution in [0.25, 0.3) is 0 Å². The van der Waals surface area contributed by atoms with Crippen molar-refractivity contribution in [1.82, 2.24) is 20.1 Å². The van der Waals surface area contributed by atoms with Crippen LogP contribution < -0.4 is 10.2 Å². The smallest absolute Gasteiger partial charge is 0.325 e. The van der Waals surface area contributed by atoms with Crippen LogP contribution in [0.15, 0.2) is 18.3 Å². The average Bonchev–Trinajstić information content (AvgIpc) is 2.77. The second kappa shape index (κ2) is 6.54. The van der Waals surface area contributed by atoms with Crippen LogP contribution in [0.3, 0.4) is 0 Å². The summed E-state index contributed by atoms with van der Waals surface area (Å²) in [5, 5.41) is 2.56. The number of nitrogens with zero attached hydrogens (tertiary/aromatic N) is 4. The monoisotopic (exact) mass is 363 g/mol. The number of anilines is 1. The number of urea groups is 1. The molecule has 3 rings (SSSR count). The van der Waals surface area contributed by atoms with Crippen LogP contribution >= 0.6 is 0 Å². The number of carbonyl (C=O) groups is 3. The van der Waals surface area contributed by atoms with E-state index in [4.69, 9.17) is 0 Å². The van der Waals surface area contributed by atoms with Gasteiger partial charge in [0.15, 0.2) is 0 Å². The molecule has 9 heteroatoms. The number of rotatable bonds is 3. The van der Waals surface area contributed by atoms with E-state index in [1.807, 2.05) is 11.8 Å². The molecule has 4 amide bonds. The van der Waals surface area contributed by atoms with Crippen molar-refractivity contribution in [1.29, 1.82) is 0 Å².